The molecule has 0 radical (unpaired) electrons. The van der Waals surface area contributed by atoms with Gasteiger partial charge in [0, 0.05) is 39.3 Å². The van der Waals surface area contributed by atoms with Crippen LogP contribution in [0.25, 0.3) is 0 Å². The molecule has 1 saturated heterocycles. The first kappa shape index (κ1) is 14.9. The van der Waals surface area contributed by atoms with Gasteiger partial charge in [-0.3, -0.25) is 4.90 Å². The third kappa shape index (κ3) is 6.39. The largest absolute Gasteiger partial charge is 0.315 e. The average Bonchev–Trinajstić information content (AvgIpc) is 2.31. The molecule has 1 rings (SSSR count). The Morgan fingerprint density at radius 2 is 1.71 bits per heavy atom. The Kier molecular flexibility index (Phi) is 6.45. The van der Waals surface area contributed by atoms with Gasteiger partial charge < -0.3 is 10.2 Å². The SMILES string of the molecule is CCC(C)(C)CCNCCN1CCN(C)CC1. The Balaban J connectivity index is 1.97. The van der Waals surface area contributed by atoms with E-state index < -0.39 is 0 Å². The van der Waals surface area contributed by atoms with Gasteiger partial charge in [-0.2, -0.15) is 0 Å². The average molecular weight is 241 g/mol. The molecule has 1 aliphatic heterocycles. The molecule has 1 fully saturated rings. The maximum atomic E-state index is 3.58. The van der Waals surface area contributed by atoms with Crippen LogP contribution >= 0.6 is 0 Å². The third-order valence-corrected chi connectivity index (χ3v) is 4.14. The van der Waals surface area contributed by atoms with Gasteiger partial charge in [-0.25, -0.2) is 0 Å². The van der Waals surface area contributed by atoms with Crippen LogP contribution in [0.15, 0.2) is 0 Å². The molecule has 17 heavy (non-hydrogen) atoms. The van der Waals surface area contributed by atoms with Crippen molar-refractivity contribution in [2.75, 3.05) is 52.9 Å². The summed E-state index contributed by atoms with van der Waals surface area (Å²) in [6.45, 7) is 15.4. The van der Waals surface area contributed by atoms with Gasteiger partial charge in [0.2, 0.25) is 0 Å². The lowest BCUT2D eigenvalue weighted by atomic mass is 9.87. The van der Waals surface area contributed by atoms with Crippen molar-refractivity contribution in [2.24, 2.45) is 5.41 Å². The first-order valence-corrected chi connectivity index (χ1v) is 7.15. The molecule has 102 valence electrons. The summed E-state index contributed by atoms with van der Waals surface area (Å²) in [4.78, 5) is 4.98. The zero-order chi connectivity index (χ0) is 12.7. The molecule has 0 bridgehead atoms. The molecule has 0 spiro atoms. The van der Waals surface area contributed by atoms with Crippen LogP contribution in [0.5, 0.6) is 0 Å². The van der Waals surface area contributed by atoms with E-state index in [-0.39, 0.29) is 0 Å². The Hall–Kier alpha value is -0.120. The summed E-state index contributed by atoms with van der Waals surface area (Å²) in [5.41, 5.74) is 0.501. The minimum atomic E-state index is 0.501. The normalized spacial score (nSPS) is 19.8. The zero-order valence-electron chi connectivity index (χ0n) is 12.3. The molecule has 0 aromatic heterocycles. The highest BCUT2D eigenvalue weighted by Gasteiger charge is 2.15. The van der Waals surface area contributed by atoms with Crippen molar-refractivity contribution in [2.45, 2.75) is 33.6 Å². The van der Waals surface area contributed by atoms with Gasteiger partial charge in [0.15, 0.2) is 0 Å². The number of piperazine rings is 1. The molecule has 3 heteroatoms. The van der Waals surface area contributed by atoms with E-state index in [9.17, 15) is 0 Å². The highest BCUT2D eigenvalue weighted by Crippen LogP contribution is 2.23. The van der Waals surface area contributed by atoms with E-state index in [1.165, 1.54) is 45.6 Å². The van der Waals surface area contributed by atoms with Crippen molar-refractivity contribution in [1.82, 2.24) is 15.1 Å². The van der Waals surface area contributed by atoms with E-state index in [1.807, 2.05) is 0 Å². The van der Waals surface area contributed by atoms with Gasteiger partial charge >= 0.3 is 0 Å². The van der Waals surface area contributed by atoms with Gasteiger partial charge in [0.25, 0.3) is 0 Å². The molecule has 0 aromatic rings. The molecule has 0 amide bonds. The fourth-order valence-corrected chi connectivity index (χ4v) is 2.04. The molecule has 3 nitrogen and oxygen atoms in total. The first-order valence-electron chi connectivity index (χ1n) is 7.15. The molecular formula is C14H31N3. The zero-order valence-corrected chi connectivity index (χ0v) is 12.3. The van der Waals surface area contributed by atoms with Crippen molar-refractivity contribution in [1.29, 1.82) is 0 Å². The molecule has 0 atom stereocenters. The fraction of sp³-hybridized carbons (Fsp3) is 1.00. The van der Waals surface area contributed by atoms with Gasteiger partial charge in [0.1, 0.15) is 0 Å². The van der Waals surface area contributed by atoms with Crippen molar-refractivity contribution in [3.63, 3.8) is 0 Å². The lowest BCUT2D eigenvalue weighted by Gasteiger charge is -2.32. The minimum Gasteiger partial charge on any atom is -0.315 e. The highest BCUT2D eigenvalue weighted by molar-refractivity contribution is 4.71. The minimum absolute atomic E-state index is 0.501. The van der Waals surface area contributed by atoms with Crippen molar-refractivity contribution in [3.05, 3.63) is 0 Å². The third-order valence-electron chi connectivity index (χ3n) is 4.14. The van der Waals surface area contributed by atoms with Crippen LogP contribution < -0.4 is 5.32 Å². The smallest absolute Gasteiger partial charge is 0.0110 e. The maximum Gasteiger partial charge on any atom is 0.0110 e. The predicted octanol–water partition coefficient (Wildman–Crippen LogP) is 1.65. The molecule has 0 saturated carbocycles. The van der Waals surface area contributed by atoms with Gasteiger partial charge in [0.05, 0.1) is 0 Å². The Morgan fingerprint density at radius 3 is 2.29 bits per heavy atom. The molecular weight excluding hydrogens is 210 g/mol. The first-order chi connectivity index (χ1) is 8.03. The fourth-order valence-electron chi connectivity index (χ4n) is 2.04. The monoisotopic (exact) mass is 241 g/mol. The number of hydrogen-bond donors (Lipinski definition) is 1. The van der Waals surface area contributed by atoms with Gasteiger partial charge in [-0.1, -0.05) is 27.2 Å². The second-order valence-corrected chi connectivity index (χ2v) is 6.16. The van der Waals surface area contributed by atoms with Crippen molar-refractivity contribution in [3.8, 4) is 0 Å². The summed E-state index contributed by atoms with van der Waals surface area (Å²) < 4.78 is 0. The summed E-state index contributed by atoms with van der Waals surface area (Å²) in [5.74, 6) is 0. The van der Waals surface area contributed by atoms with Crippen molar-refractivity contribution >= 4 is 0 Å². The molecule has 1 aliphatic rings. The molecule has 0 unspecified atom stereocenters. The Morgan fingerprint density at radius 1 is 1.06 bits per heavy atom. The summed E-state index contributed by atoms with van der Waals surface area (Å²) in [5, 5.41) is 3.58. The van der Waals surface area contributed by atoms with Crippen LogP contribution in [0.1, 0.15) is 33.6 Å². The predicted molar refractivity (Wildman–Crippen MR) is 75.5 cm³/mol. The maximum absolute atomic E-state index is 3.58. The standard InChI is InChI=1S/C14H31N3/c1-5-14(2,3)6-7-15-8-9-17-12-10-16(4)11-13-17/h15H,5-13H2,1-4H3. The summed E-state index contributed by atoms with van der Waals surface area (Å²) in [6.07, 6.45) is 2.55. The summed E-state index contributed by atoms with van der Waals surface area (Å²) >= 11 is 0. The lowest BCUT2D eigenvalue weighted by molar-refractivity contribution is 0.154. The summed E-state index contributed by atoms with van der Waals surface area (Å²) in [6, 6.07) is 0. The van der Waals surface area contributed by atoms with Crippen LogP contribution in [0.3, 0.4) is 0 Å². The quantitative estimate of drug-likeness (QED) is 0.684. The van der Waals surface area contributed by atoms with E-state index in [1.54, 1.807) is 0 Å². The lowest BCUT2D eigenvalue weighted by Crippen LogP contribution is -2.46. The Labute approximate surface area is 108 Å². The number of nitrogens with one attached hydrogen (secondary N) is 1. The van der Waals surface area contributed by atoms with Crippen LogP contribution in [0.2, 0.25) is 0 Å². The van der Waals surface area contributed by atoms with Gasteiger partial charge in [-0.15, -0.1) is 0 Å². The van der Waals surface area contributed by atoms with E-state index in [0.29, 0.717) is 5.41 Å². The summed E-state index contributed by atoms with van der Waals surface area (Å²) in [7, 11) is 2.21. The molecule has 1 heterocycles. The van der Waals surface area contributed by atoms with Crippen LogP contribution in [-0.4, -0.2) is 62.7 Å². The van der Waals surface area contributed by atoms with Crippen molar-refractivity contribution < 1.29 is 0 Å². The topological polar surface area (TPSA) is 18.5 Å². The molecule has 1 N–H and O–H groups in total. The van der Waals surface area contributed by atoms with E-state index >= 15 is 0 Å². The Bertz CT molecular complexity index is 196. The van der Waals surface area contributed by atoms with E-state index in [0.717, 1.165) is 13.1 Å². The van der Waals surface area contributed by atoms with Crippen LogP contribution in [0.4, 0.5) is 0 Å². The highest BCUT2D eigenvalue weighted by atomic mass is 15.2. The number of rotatable bonds is 7. The molecule has 0 aliphatic carbocycles. The second-order valence-electron chi connectivity index (χ2n) is 6.16. The number of likely N-dealkylation sites (N-methyl/N-ethyl adjacent to an activating group) is 1. The van der Waals surface area contributed by atoms with Gasteiger partial charge in [-0.05, 0) is 25.4 Å². The number of hydrogen-bond acceptors (Lipinski definition) is 3. The number of nitrogens with zero attached hydrogens (tertiary/aromatic N) is 2. The second kappa shape index (κ2) is 7.34. The van der Waals surface area contributed by atoms with Crippen LogP contribution in [-0.2, 0) is 0 Å². The van der Waals surface area contributed by atoms with E-state index in [4.69, 9.17) is 0 Å². The van der Waals surface area contributed by atoms with Crippen LogP contribution in [0, 0.1) is 5.41 Å². The molecule has 0 aromatic carbocycles. The van der Waals surface area contributed by atoms with E-state index in [2.05, 4.69) is 42.9 Å².